The molecule has 2 heterocycles. The second-order valence-corrected chi connectivity index (χ2v) is 5.69. The minimum atomic E-state index is -0.315. The summed E-state index contributed by atoms with van der Waals surface area (Å²) in [5, 5.41) is 8.32. The molecule has 1 amide bonds. The average molecular weight is 343 g/mol. The summed E-state index contributed by atoms with van der Waals surface area (Å²) in [4.78, 5) is 17.9. The van der Waals surface area contributed by atoms with E-state index in [9.17, 15) is 4.79 Å². The van der Waals surface area contributed by atoms with Gasteiger partial charge in [-0.25, -0.2) is 0 Å². The standard InChI is InChI=1S/C17H15ClN4O2/c1-22(10-7-12-5-8-19-9-6-12)17(23)16-21-20-15(24-16)13-3-2-4-14(18)11-13/h2-6,8-9,11H,7,10H2,1H3. The van der Waals surface area contributed by atoms with Crippen LogP contribution in [0.4, 0.5) is 0 Å². The summed E-state index contributed by atoms with van der Waals surface area (Å²) < 4.78 is 5.48. The first-order valence-corrected chi connectivity index (χ1v) is 7.75. The Kier molecular flexibility index (Phi) is 4.86. The van der Waals surface area contributed by atoms with Gasteiger partial charge in [0, 0.05) is 36.6 Å². The van der Waals surface area contributed by atoms with Crippen molar-refractivity contribution in [3.8, 4) is 11.5 Å². The number of rotatable bonds is 5. The van der Waals surface area contributed by atoms with Crippen molar-refractivity contribution >= 4 is 17.5 Å². The van der Waals surface area contributed by atoms with Gasteiger partial charge in [0.15, 0.2) is 0 Å². The molecule has 6 nitrogen and oxygen atoms in total. The van der Waals surface area contributed by atoms with E-state index in [4.69, 9.17) is 16.0 Å². The molecule has 3 rings (SSSR count). The van der Waals surface area contributed by atoms with Gasteiger partial charge in [-0.1, -0.05) is 17.7 Å². The molecule has 0 radical (unpaired) electrons. The minimum absolute atomic E-state index is 0.0396. The number of carbonyl (C=O) groups excluding carboxylic acids is 1. The number of pyridine rings is 1. The van der Waals surface area contributed by atoms with Crippen molar-refractivity contribution < 1.29 is 9.21 Å². The van der Waals surface area contributed by atoms with Crippen LogP contribution in [0.2, 0.25) is 5.02 Å². The van der Waals surface area contributed by atoms with Crippen molar-refractivity contribution in [2.45, 2.75) is 6.42 Å². The van der Waals surface area contributed by atoms with Crippen LogP contribution in [0.1, 0.15) is 16.2 Å². The zero-order valence-corrected chi connectivity index (χ0v) is 13.8. The van der Waals surface area contributed by atoms with Gasteiger partial charge in [0.25, 0.3) is 0 Å². The molecular weight excluding hydrogens is 328 g/mol. The SMILES string of the molecule is CN(CCc1ccncc1)C(=O)c1nnc(-c2cccc(Cl)c2)o1. The van der Waals surface area contributed by atoms with Crippen LogP contribution in [-0.4, -0.2) is 39.6 Å². The van der Waals surface area contributed by atoms with E-state index in [-0.39, 0.29) is 17.7 Å². The molecule has 0 aliphatic heterocycles. The molecule has 0 saturated heterocycles. The van der Waals surface area contributed by atoms with E-state index in [1.165, 1.54) is 0 Å². The molecule has 122 valence electrons. The van der Waals surface area contributed by atoms with Crippen molar-refractivity contribution in [2.24, 2.45) is 0 Å². The van der Waals surface area contributed by atoms with Gasteiger partial charge in [0.2, 0.25) is 5.89 Å². The van der Waals surface area contributed by atoms with Crippen molar-refractivity contribution in [3.63, 3.8) is 0 Å². The molecule has 0 bridgehead atoms. The van der Waals surface area contributed by atoms with Crippen molar-refractivity contribution in [3.05, 3.63) is 65.3 Å². The lowest BCUT2D eigenvalue weighted by Gasteiger charge is -2.14. The third kappa shape index (κ3) is 3.78. The second-order valence-electron chi connectivity index (χ2n) is 5.25. The summed E-state index contributed by atoms with van der Waals surface area (Å²) >= 11 is 5.94. The van der Waals surface area contributed by atoms with Gasteiger partial charge in [-0.15, -0.1) is 10.2 Å². The van der Waals surface area contributed by atoms with Gasteiger partial charge in [-0.05, 0) is 42.3 Å². The summed E-state index contributed by atoms with van der Waals surface area (Å²) in [7, 11) is 1.70. The highest BCUT2D eigenvalue weighted by Crippen LogP contribution is 2.21. The Balaban J connectivity index is 1.67. The molecular formula is C17H15ClN4O2. The summed E-state index contributed by atoms with van der Waals surface area (Å²) in [6.07, 6.45) is 4.18. The van der Waals surface area contributed by atoms with Gasteiger partial charge in [-0.3, -0.25) is 9.78 Å². The molecule has 0 aliphatic rings. The minimum Gasteiger partial charge on any atom is -0.412 e. The molecule has 0 fully saturated rings. The number of aromatic nitrogens is 3. The van der Waals surface area contributed by atoms with Gasteiger partial charge in [0.1, 0.15) is 0 Å². The van der Waals surface area contributed by atoms with Gasteiger partial charge >= 0.3 is 11.8 Å². The summed E-state index contributed by atoms with van der Waals surface area (Å²) in [5.41, 5.74) is 1.78. The van der Waals surface area contributed by atoms with Gasteiger partial charge < -0.3 is 9.32 Å². The number of likely N-dealkylation sites (N-methyl/N-ethyl adjacent to an activating group) is 1. The molecule has 0 aliphatic carbocycles. The van der Waals surface area contributed by atoms with Crippen LogP contribution in [0.15, 0.2) is 53.2 Å². The fourth-order valence-corrected chi connectivity index (χ4v) is 2.35. The summed E-state index contributed by atoms with van der Waals surface area (Å²) in [6.45, 7) is 0.539. The van der Waals surface area contributed by atoms with E-state index in [0.29, 0.717) is 17.1 Å². The Hall–Kier alpha value is -2.73. The number of hydrogen-bond acceptors (Lipinski definition) is 5. The zero-order valence-electron chi connectivity index (χ0n) is 13.0. The van der Waals surface area contributed by atoms with E-state index in [2.05, 4.69) is 15.2 Å². The van der Waals surface area contributed by atoms with Gasteiger partial charge in [-0.2, -0.15) is 0 Å². The van der Waals surface area contributed by atoms with Crippen LogP contribution in [0.5, 0.6) is 0 Å². The number of hydrogen-bond donors (Lipinski definition) is 0. The average Bonchev–Trinajstić information content (AvgIpc) is 3.10. The lowest BCUT2D eigenvalue weighted by Crippen LogP contribution is -2.29. The first-order chi connectivity index (χ1) is 11.6. The Morgan fingerprint density at radius 2 is 2.00 bits per heavy atom. The maximum atomic E-state index is 12.4. The first kappa shape index (κ1) is 16.1. The fraction of sp³-hybridized carbons (Fsp3) is 0.176. The van der Waals surface area contributed by atoms with E-state index in [1.807, 2.05) is 12.1 Å². The smallest absolute Gasteiger partial charge is 0.311 e. The Morgan fingerprint density at radius 1 is 1.21 bits per heavy atom. The molecule has 2 aromatic heterocycles. The molecule has 24 heavy (non-hydrogen) atoms. The van der Waals surface area contributed by atoms with E-state index in [0.717, 1.165) is 12.0 Å². The van der Waals surface area contributed by atoms with Gasteiger partial charge in [0.05, 0.1) is 0 Å². The lowest BCUT2D eigenvalue weighted by atomic mass is 10.2. The molecule has 0 atom stereocenters. The molecule has 0 saturated carbocycles. The Labute approximate surface area is 144 Å². The number of halogens is 1. The molecule has 7 heteroatoms. The largest absolute Gasteiger partial charge is 0.412 e. The number of amides is 1. The Morgan fingerprint density at radius 3 is 2.75 bits per heavy atom. The van der Waals surface area contributed by atoms with E-state index < -0.39 is 0 Å². The predicted octanol–water partition coefficient (Wildman–Crippen LogP) is 3.10. The number of benzene rings is 1. The molecule has 1 aromatic carbocycles. The van der Waals surface area contributed by atoms with Crippen LogP contribution in [0.25, 0.3) is 11.5 Å². The van der Waals surface area contributed by atoms with Crippen molar-refractivity contribution in [1.82, 2.24) is 20.1 Å². The van der Waals surface area contributed by atoms with E-state index in [1.54, 1.807) is 48.6 Å². The summed E-state index contributed by atoms with van der Waals surface area (Å²) in [5.74, 6) is -0.0876. The monoisotopic (exact) mass is 342 g/mol. The maximum absolute atomic E-state index is 12.4. The highest BCUT2D eigenvalue weighted by molar-refractivity contribution is 6.30. The normalized spacial score (nSPS) is 10.6. The van der Waals surface area contributed by atoms with Crippen molar-refractivity contribution in [1.29, 1.82) is 0 Å². The van der Waals surface area contributed by atoms with Crippen LogP contribution in [0, 0.1) is 0 Å². The Bertz CT molecular complexity index is 835. The summed E-state index contributed by atoms with van der Waals surface area (Å²) in [6, 6.07) is 10.9. The predicted molar refractivity (Wildman–Crippen MR) is 89.6 cm³/mol. The fourth-order valence-electron chi connectivity index (χ4n) is 2.16. The van der Waals surface area contributed by atoms with Crippen LogP contribution in [0.3, 0.4) is 0 Å². The quantitative estimate of drug-likeness (QED) is 0.712. The van der Waals surface area contributed by atoms with Crippen LogP contribution in [-0.2, 0) is 6.42 Å². The van der Waals surface area contributed by atoms with Crippen molar-refractivity contribution in [2.75, 3.05) is 13.6 Å². The zero-order chi connectivity index (χ0) is 16.9. The lowest BCUT2D eigenvalue weighted by molar-refractivity contribution is 0.0758. The maximum Gasteiger partial charge on any atom is 0.311 e. The van der Waals surface area contributed by atoms with Crippen LogP contribution >= 0.6 is 11.6 Å². The highest BCUT2D eigenvalue weighted by atomic mass is 35.5. The molecule has 0 spiro atoms. The number of carbonyl (C=O) groups is 1. The highest BCUT2D eigenvalue weighted by Gasteiger charge is 2.19. The molecule has 3 aromatic rings. The van der Waals surface area contributed by atoms with E-state index >= 15 is 0 Å². The topological polar surface area (TPSA) is 72.1 Å². The third-order valence-corrected chi connectivity index (χ3v) is 3.75. The molecule has 0 unspecified atom stereocenters. The van der Waals surface area contributed by atoms with Crippen LogP contribution < -0.4 is 0 Å². The number of nitrogens with zero attached hydrogens (tertiary/aromatic N) is 4. The third-order valence-electron chi connectivity index (χ3n) is 3.51. The second kappa shape index (κ2) is 7.23. The molecule has 0 N–H and O–H groups in total. The first-order valence-electron chi connectivity index (χ1n) is 7.37.